The molecule has 3 nitrogen and oxygen atoms in total. The minimum absolute atomic E-state index is 0.0318. The van der Waals surface area contributed by atoms with Gasteiger partial charge in [-0.05, 0) is 18.2 Å². The first-order valence-electron chi connectivity index (χ1n) is 6.60. The number of thioether (sulfide) groups is 2. The Morgan fingerprint density at radius 1 is 1.15 bits per heavy atom. The van der Waals surface area contributed by atoms with Crippen molar-refractivity contribution in [3.05, 3.63) is 23.8 Å². The lowest BCUT2D eigenvalue weighted by molar-refractivity contribution is 0.0994. The Morgan fingerprint density at radius 3 is 2.45 bits per heavy atom. The fourth-order valence-electron chi connectivity index (χ4n) is 2.10. The van der Waals surface area contributed by atoms with Crippen LogP contribution in [0, 0.1) is 0 Å². The zero-order valence-corrected chi connectivity index (χ0v) is 13.8. The van der Waals surface area contributed by atoms with Crippen LogP contribution in [0.3, 0.4) is 0 Å². The SMILES string of the molecule is COc1ccc(C(=O)C2CSC(C)C(C)S2)cc1OC. The van der Waals surface area contributed by atoms with E-state index in [-0.39, 0.29) is 11.0 Å². The van der Waals surface area contributed by atoms with Gasteiger partial charge in [0.15, 0.2) is 17.3 Å². The predicted molar refractivity (Wildman–Crippen MR) is 86.6 cm³/mol. The van der Waals surface area contributed by atoms with Crippen molar-refractivity contribution in [2.45, 2.75) is 29.6 Å². The third-order valence-electron chi connectivity index (χ3n) is 3.51. The van der Waals surface area contributed by atoms with Crippen molar-refractivity contribution in [2.24, 2.45) is 0 Å². The van der Waals surface area contributed by atoms with Crippen molar-refractivity contribution in [2.75, 3.05) is 20.0 Å². The normalized spacial score (nSPS) is 26.1. The summed E-state index contributed by atoms with van der Waals surface area (Å²) in [6.45, 7) is 4.41. The monoisotopic (exact) mass is 312 g/mol. The summed E-state index contributed by atoms with van der Waals surface area (Å²) in [4.78, 5) is 12.6. The van der Waals surface area contributed by atoms with E-state index in [1.807, 2.05) is 17.8 Å². The fourth-order valence-corrected chi connectivity index (χ4v) is 4.97. The van der Waals surface area contributed by atoms with Gasteiger partial charge < -0.3 is 9.47 Å². The van der Waals surface area contributed by atoms with Gasteiger partial charge in [0.1, 0.15) is 0 Å². The Labute approximate surface area is 128 Å². The first-order valence-corrected chi connectivity index (χ1v) is 8.59. The van der Waals surface area contributed by atoms with E-state index in [1.54, 1.807) is 38.1 Å². The second-order valence-corrected chi connectivity index (χ2v) is 7.80. The van der Waals surface area contributed by atoms with E-state index in [0.29, 0.717) is 27.6 Å². The van der Waals surface area contributed by atoms with Crippen molar-refractivity contribution in [1.29, 1.82) is 0 Å². The van der Waals surface area contributed by atoms with Gasteiger partial charge >= 0.3 is 0 Å². The highest BCUT2D eigenvalue weighted by Gasteiger charge is 2.31. The lowest BCUT2D eigenvalue weighted by Crippen LogP contribution is -2.31. The number of ketones is 1. The van der Waals surface area contributed by atoms with Gasteiger partial charge in [0.05, 0.1) is 19.5 Å². The molecule has 1 aliphatic heterocycles. The van der Waals surface area contributed by atoms with Crippen LogP contribution in [0.15, 0.2) is 18.2 Å². The molecule has 0 N–H and O–H groups in total. The summed E-state index contributed by atoms with van der Waals surface area (Å²) >= 11 is 3.66. The van der Waals surface area contributed by atoms with Crippen LogP contribution in [0.1, 0.15) is 24.2 Å². The number of benzene rings is 1. The zero-order chi connectivity index (χ0) is 14.7. The van der Waals surface area contributed by atoms with Crippen LogP contribution >= 0.6 is 23.5 Å². The van der Waals surface area contributed by atoms with Crippen LogP contribution in [0.4, 0.5) is 0 Å². The molecule has 0 aromatic heterocycles. The van der Waals surface area contributed by atoms with E-state index >= 15 is 0 Å². The summed E-state index contributed by atoms with van der Waals surface area (Å²) in [6.07, 6.45) is 0. The molecule has 0 radical (unpaired) electrons. The number of carbonyl (C=O) groups is 1. The highest BCUT2D eigenvalue weighted by Crippen LogP contribution is 2.38. The van der Waals surface area contributed by atoms with Crippen LogP contribution in [-0.2, 0) is 0 Å². The van der Waals surface area contributed by atoms with E-state index in [0.717, 1.165) is 5.75 Å². The maximum absolute atomic E-state index is 12.6. The highest BCUT2D eigenvalue weighted by molar-refractivity contribution is 8.08. The molecule has 3 atom stereocenters. The van der Waals surface area contributed by atoms with Crippen LogP contribution in [0.2, 0.25) is 0 Å². The number of rotatable bonds is 4. The summed E-state index contributed by atoms with van der Waals surface area (Å²) in [6, 6.07) is 5.38. The Balaban J connectivity index is 2.17. The molecule has 0 amide bonds. The summed E-state index contributed by atoms with van der Waals surface area (Å²) in [5, 5.41) is 1.14. The summed E-state index contributed by atoms with van der Waals surface area (Å²) in [5.74, 6) is 2.32. The number of hydrogen-bond donors (Lipinski definition) is 0. The molecule has 0 spiro atoms. The molecule has 5 heteroatoms. The smallest absolute Gasteiger partial charge is 0.176 e. The Hall–Kier alpha value is -0.810. The Morgan fingerprint density at radius 2 is 1.85 bits per heavy atom. The van der Waals surface area contributed by atoms with E-state index in [1.165, 1.54) is 0 Å². The Bertz CT molecular complexity index is 490. The standard InChI is InChI=1S/C15H20O3S2/c1-9-10(2)20-14(8-19-9)15(16)11-5-6-12(17-3)13(7-11)18-4/h5-7,9-10,14H,8H2,1-4H3. The topological polar surface area (TPSA) is 35.5 Å². The largest absolute Gasteiger partial charge is 0.493 e. The van der Waals surface area contributed by atoms with Crippen LogP contribution in [0.5, 0.6) is 11.5 Å². The maximum Gasteiger partial charge on any atom is 0.176 e. The van der Waals surface area contributed by atoms with E-state index in [4.69, 9.17) is 9.47 Å². The molecule has 110 valence electrons. The van der Waals surface area contributed by atoms with Crippen LogP contribution < -0.4 is 9.47 Å². The summed E-state index contributed by atoms with van der Waals surface area (Å²) in [7, 11) is 3.18. The van der Waals surface area contributed by atoms with Gasteiger partial charge in [0.25, 0.3) is 0 Å². The highest BCUT2D eigenvalue weighted by atomic mass is 32.2. The van der Waals surface area contributed by atoms with E-state index in [9.17, 15) is 4.79 Å². The number of carbonyl (C=O) groups excluding carboxylic acids is 1. The molecule has 1 aliphatic rings. The van der Waals surface area contributed by atoms with Crippen molar-refractivity contribution >= 4 is 29.3 Å². The molecule has 1 fully saturated rings. The molecule has 0 saturated carbocycles. The molecule has 2 rings (SSSR count). The van der Waals surface area contributed by atoms with Crippen molar-refractivity contribution < 1.29 is 14.3 Å². The summed E-state index contributed by atoms with van der Waals surface area (Å²) < 4.78 is 10.5. The molecule has 1 aromatic carbocycles. The van der Waals surface area contributed by atoms with Gasteiger partial charge in [-0.25, -0.2) is 0 Å². The van der Waals surface area contributed by atoms with E-state index < -0.39 is 0 Å². The van der Waals surface area contributed by atoms with Gasteiger partial charge in [0.2, 0.25) is 0 Å². The minimum atomic E-state index is 0.0318. The number of Topliss-reactive ketones (excluding diaryl/α,β-unsaturated/α-hetero) is 1. The number of hydrogen-bond acceptors (Lipinski definition) is 5. The molecule has 0 aliphatic carbocycles. The average molecular weight is 312 g/mol. The van der Waals surface area contributed by atoms with Crippen molar-refractivity contribution in [1.82, 2.24) is 0 Å². The predicted octanol–water partition coefficient (Wildman–Crippen LogP) is 3.51. The Kier molecular flexibility index (Phi) is 5.27. The van der Waals surface area contributed by atoms with Crippen LogP contribution in [0.25, 0.3) is 0 Å². The number of ether oxygens (including phenoxy) is 2. The lowest BCUT2D eigenvalue weighted by Gasteiger charge is -2.30. The molecule has 0 bridgehead atoms. The van der Waals surface area contributed by atoms with Crippen molar-refractivity contribution in [3.8, 4) is 11.5 Å². The third kappa shape index (κ3) is 3.26. The quantitative estimate of drug-likeness (QED) is 0.795. The molecule has 20 heavy (non-hydrogen) atoms. The fraction of sp³-hybridized carbons (Fsp3) is 0.533. The average Bonchev–Trinajstić information content (AvgIpc) is 2.48. The first-order chi connectivity index (χ1) is 9.56. The molecule has 1 aromatic rings. The zero-order valence-electron chi connectivity index (χ0n) is 12.2. The van der Waals surface area contributed by atoms with Gasteiger partial charge in [-0.2, -0.15) is 11.8 Å². The second kappa shape index (κ2) is 6.76. The second-order valence-electron chi connectivity index (χ2n) is 4.80. The molecule has 3 unspecified atom stereocenters. The van der Waals surface area contributed by atoms with Crippen molar-refractivity contribution in [3.63, 3.8) is 0 Å². The number of methoxy groups -OCH3 is 2. The molecular weight excluding hydrogens is 292 g/mol. The first kappa shape index (κ1) is 15.6. The maximum atomic E-state index is 12.6. The molecular formula is C15H20O3S2. The van der Waals surface area contributed by atoms with Gasteiger partial charge in [-0.15, -0.1) is 11.8 Å². The molecule has 1 saturated heterocycles. The van der Waals surface area contributed by atoms with Crippen LogP contribution in [-0.4, -0.2) is 41.5 Å². The third-order valence-corrected chi connectivity index (χ3v) is 6.90. The minimum Gasteiger partial charge on any atom is -0.493 e. The summed E-state index contributed by atoms with van der Waals surface area (Å²) in [5.41, 5.74) is 0.697. The van der Waals surface area contributed by atoms with Gasteiger partial charge in [-0.1, -0.05) is 13.8 Å². The van der Waals surface area contributed by atoms with Gasteiger partial charge in [-0.3, -0.25) is 4.79 Å². The molecule has 1 heterocycles. The lowest BCUT2D eigenvalue weighted by atomic mass is 10.1. The van der Waals surface area contributed by atoms with Gasteiger partial charge in [0, 0.05) is 21.8 Å². The van der Waals surface area contributed by atoms with E-state index in [2.05, 4.69) is 13.8 Å².